The molecule has 0 aliphatic heterocycles. The van der Waals surface area contributed by atoms with Crippen LogP contribution < -0.4 is 5.32 Å². The molecule has 1 aromatic heterocycles. The van der Waals surface area contributed by atoms with E-state index in [0.717, 1.165) is 21.7 Å². The number of aryl methyl sites for hydroxylation is 2. The van der Waals surface area contributed by atoms with Gasteiger partial charge < -0.3 is 0 Å². The molecule has 5 heteroatoms. The van der Waals surface area contributed by atoms with Crippen molar-refractivity contribution in [1.29, 1.82) is 0 Å². The third-order valence-electron chi connectivity index (χ3n) is 3.63. The number of amides is 1. The molecule has 3 nitrogen and oxygen atoms in total. The average Bonchev–Trinajstić information content (AvgIpc) is 2.94. The maximum Gasteiger partial charge on any atom is 0.250 e. The molecule has 0 aliphatic carbocycles. The quantitative estimate of drug-likeness (QED) is 0.597. The molecule has 25 heavy (non-hydrogen) atoms. The molecule has 0 unspecified atom stereocenters. The summed E-state index contributed by atoms with van der Waals surface area (Å²) in [6.07, 6.45) is 3.30. The Bertz CT molecular complexity index is 929. The highest BCUT2D eigenvalue weighted by Crippen LogP contribution is 2.31. The fourth-order valence-electron chi connectivity index (χ4n) is 2.35. The molecule has 1 heterocycles. The fourth-order valence-corrected chi connectivity index (χ4v) is 3.38. The van der Waals surface area contributed by atoms with Gasteiger partial charge in [0.25, 0.3) is 0 Å². The van der Waals surface area contributed by atoms with Crippen LogP contribution in [0, 0.1) is 13.8 Å². The highest BCUT2D eigenvalue weighted by molar-refractivity contribution is 7.16. The van der Waals surface area contributed by atoms with Crippen molar-refractivity contribution in [2.45, 2.75) is 13.8 Å². The van der Waals surface area contributed by atoms with Crippen molar-refractivity contribution in [1.82, 2.24) is 4.98 Å². The summed E-state index contributed by atoms with van der Waals surface area (Å²) >= 11 is 7.49. The monoisotopic (exact) mass is 368 g/mol. The molecule has 0 bridgehead atoms. The Morgan fingerprint density at radius 1 is 1.16 bits per heavy atom. The van der Waals surface area contributed by atoms with Gasteiger partial charge in [-0.3, -0.25) is 10.1 Å². The first kappa shape index (κ1) is 17.4. The highest BCUT2D eigenvalue weighted by atomic mass is 35.5. The third kappa shape index (κ3) is 4.56. The fraction of sp³-hybridized carbons (Fsp3) is 0.100. The van der Waals surface area contributed by atoms with E-state index in [1.54, 1.807) is 6.08 Å². The van der Waals surface area contributed by atoms with Gasteiger partial charge in [-0.15, -0.1) is 11.3 Å². The van der Waals surface area contributed by atoms with Gasteiger partial charge in [0.2, 0.25) is 5.91 Å². The van der Waals surface area contributed by atoms with Crippen LogP contribution in [0.5, 0.6) is 0 Å². The van der Waals surface area contributed by atoms with Crippen molar-refractivity contribution in [2.24, 2.45) is 0 Å². The van der Waals surface area contributed by atoms with E-state index in [0.29, 0.717) is 10.2 Å². The topological polar surface area (TPSA) is 42.0 Å². The molecule has 126 valence electrons. The minimum absolute atomic E-state index is 0.202. The van der Waals surface area contributed by atoms with Gasteiger partial charge in [-0.05, 0) is 37.6 Å². The summed E-state index contributed by atoms with van der Waals surface area (Å²) < 4.78 is 0. The Balaban J connectivity index is 1.72. The highest BCUT2D eigenvalue weighted by Gasteiger charge is 2.11. The van der Waals surface area contributed by atoms with Crippen LogP contribution in [0.15, 0.2) is 54.6 Å². The van der Waals surface area contributed by atoms with Gasteiger partial charge in [-0.1, -0.05) is 53.6 Å². The van der Waals surface area contributed by atoms with Crippen LogP contribution in [0.1, 0.15) is 16.0 Å². The molecule has 1 amide bonds. The number of nitrogens with zero attached hydrogens (tertiary/aromatic N) is 1. The van der Waals surface area contributed by atoms with Crippen molar-refractivity contribution in [3.05, 3.63) is 75.6 Å². The summed E-state index contributed by atoms with van der Waals surface area (Å²) in [6.45, 7) is 4.01. The molecule has 3 rings (SSSR count). The second kappa shape index (κ2) is 7.64. The van der Waals surface area contributed by atoms with Crippen LogP contribution in [0.4, 0.5) is 5.13 Å². The molecular weight excluding hydrogens is 352 g/mol. The van der Waals surface area contributed by atoms with Crippen molar-refractivity contribution in [3.63, 3.8) is 0 Å². The number of hydrogen-bond acceptors (Lipinski definition) is 3. The lowest BCUT2D eigenvalue weighted by Crippen LogP contribution is -2.07. The number of halogens is 1. The molecule has 0 spiro atoms. The number of anilines is 1. The number of aromatic nitrogens is 1. The van der Waals surface area contributed by atoms with Crippen LogP contribution in [0.3, 0.4) is 0 Å². The largest absolute Gasteiger partial charge is 0.298 e. The lowest BCUT2D eigenvalue weighted by molar-refractivity contribution is -0.111. The summed E-state index contributed by atoms with van der Waals surface area (Å²) in [5.41, 5.74) is 3.95. The third-order valence-corrected chi connectivity index (χ3v) is 4.75. The van der Waals surface area contributed by atoms with Crippen LogP contribution in [-0.2, 0) is 4.79 Å². The molecule has 0 saturated heterocycles. The number of carbonyl (C=O) groups excluding carboxylic acids is 1. The van der Waals surface area contributed by atoms with Crippen LogP contribution in [0.25, 0.3) is 17.3 Å². The number of carbonyl (C=O) groups is 1. The van der Waals surface area contributed by atoms with E-state index in [-0.39, 0.29) is 5.91 Å². The SMILES string of the molecule is Cc1ccc(/C=C/C(=O)Nc2nc(-c3cccc(Cl)c3)c(C)s2)cc1. The molecule has 3 aromatic rings. The van der Waals surface area contributed by atoms with Crippen molar-refractivity contribution >= 4 is 40.1 Å². The molecule has 0 aliphatic rings. The molecule has 0 saturated carbocycles. The zero-order valence-electron chi connectivity index (χ0n) is 13.9. The van der Waals surface area contributed by atoms with E-state index in [1.165, 1.54) is 23.0 Å². The number of nitrogens with one attached hydrogen (secondary N) is 1. The normalized spacial score (nSPS) is 11.0. The zero-order valence-corrected chi connectivity index (χ0v) is 15.5. The smallest absolute Gasteiger partial charge is 0.250 e. The standard InChI is InChI=1S/C20H17ClN2OS/c1-13-6-8-15(9-7-13)10-11-18(24)22-20-23-19(14(2)25-20)16-4-3-5-17(21)12-16/h3-12H,1-2H3,(H,22,23,24)/b11-10+. The van der Waals surface area contributed by atoms with E-state index < -0.39 is 0 Å². The number of benzene rings is 2. The lowest BCUT2D eigenvalue weighted by atomic mass is 10.1. The van der Waals surface area contributed by atoms with Gasteiger partial charge in [0.1, 0.15) is 0 Å². The van der Waals surface area contributed by atoms with Gasteiger partial charge in [-0.2, -0.15) is 0 Å². The Hall–Kier alpha value is -2.43. The van der Waals surface area contributed by atoms with Gasteiger partial charge in [0, 0.05) is 21.5 Å². The maximum absolute atomic E-state index is 12.1. The molecule has 0 atom stereocenters. The first-order valence-corrected chi connectivity index (χ1v) is 9.00. The maximum atomic E-state index is 12.1. The van der Waals surface area contributed by atoms with Crippen LogP contribution in [0.2, 0.25) is 5.02 Å². The van der Waals surface area contributed by atoms with Crippen molar-refractivity contribution < 1.29 is 4.79 Å². The minimum Gasteiger partial charge on any atom is -0.298 e. The van der Waals surface area contributed by atoms with E-state index in [2.05, 4.69) is 10.3 Å². The van der Waals surface area contributed by atoms with E-state index in [9.17, 15) is 4.79 Å². The summed E-state index contributed by atoms with van der Waals surface area (Å²) in [4.78, 5) is 17.7. The van der Waals surface area contributed by atoms with E-state index in [4.69, 9.17) is 11.6 Å². The van der Waals surface area contributed by atoms with Gasteiger partial charge >= 0.3 is 0 Å². The Labute approximate surface area is 156 Å². The summed E-state index contributed by atoms with van der Waals surface area (Å²) in [6, 6.07) is 15.5. The summed E-state index contributed by atoms with van der Waals surface area (Å²) in [5.74, 6) is -0.202. The number of rotatable bonds is 4. The Morgan fingerprint density at radius 2 is 1.92 bits per heavy atom. The number of thiazole rings is 1. The van der Waals surface area contributed by atoms with Gasteiger partial charge in [0.05, 0.1) is 5.69 Å². The molecule has 0 fully saturated rings. The first-order valence-electron chi connectivity index (χ1n) is 7.80. The zero-order chi connectivity index (χ0) is 17.8. The lowest BCUT2D eigenvalue weighted by Gasteiger charge is -1.99. The Morgan fingerprint density at radius 3 is 2.64 bits per heavy atom. The molecule has 0 radical (unpaired) electrons. The average molecular weight is 369 g/mol. The van der Waals surface area contributed by atoms with Gasteiger partial charge in [-0.25, -0.2) is 4.98 Å². The predicted octanol–water partition coefficient (Wildman–Crippen LogP) is 5.73. The number of hydrogen-bond donors (Lipinski definition) is 1. The molecule has 1 N–H and O–H groups in total. The first-order chi connectivity index (χ1) is 12.0. The Kier molecular flexibility index (Phi) is 5.31. The minimum atomic E-state index is -0.202. The van der Waals surface area contributed by atoms with E-state index in [1.807, 2.05) is 62.4 Å². The molecule has 2 aromatic carbocycles. The van der Waals surface area contributed by atoms with Crippen molar-refractivity contribution in [3.8, 4) is 11.3 Å². The van der Waals surface area contributed by atoms with Gasteiger partial charge in [0.15, 0.2) is 5.13 Å². The predicted molar refractivity (Wildman–Crippen MR) is 106 cm³/mol. The van der Waals surface area contributed by atoms with Crippen LogP contribution in [-0.4, -0.2) is 10.9 Å². The second-order valence-corrected chi connectivity index (χ2v) is 7.31. The van der Waals surface area contributed by atoms with Crippen LogP contribution >= 0.6 is 22.9 Å². The molecular formula is C20H17ClN2OS. The second-order valence-electron chi connectivity index (χ2n) is 5.67. The van der Waals surface area contributed by atoms with E-state index >= 15 is 0 Å². The van der Waals surface area contributed by atoms with Crippen molar-refractivity contribution in [2.75, 3.05) is 5.32 Å². The summed E-state index contributed by atoms with van der Waals surface area (Å²) in [7, 11) is 0. The summed E-state index contributed by atoms with van der Waals surface area (Å²) in [5, 5.41) is 4.06.